The number of rotatable bonds is 2. The summed E-state index contributed by atoms with van der Waals surface area (Å²) >= 11 is 0. The predicted molar refractivity (Wildman–Crippen MR) is 70.1 cm³/mol. The molecule has 0 amide bonds. The van der Waals surface area contributed by atoms with Crippen molar-refractivity contribution in [3.8, 4) is 0 Å². The van der Waals surface area contributed by atoms with Gasteiger partial charge in [-0.2, -0.15) is 26.3 Å². The van der Waals surface area contributed by atoms with E-state index in [2.05, 4.69) is 0 Å². The van der Waals surface area contributed by atoms with Crippen molar-refractivity contribution in [2.45, 2.75) is 77.6 Å². The van der Waals surface area contributed by atoms with E-state index in [-0.39, 0.29) is 6.42 Å². The molecule has 0 saturated heterocycles. The molecule has 2 saturated carbocycles. The Labute approximate surface area is 130 Å². The summed E-state index contributed by atoms with van der Waals surface area (Å²) in [7, 11) is 0. The molecule has 2 rings (SSSR count). The topological polar surface area (TPSA) is 0 Å². The first-order valence-electron chi connectivity index (χ1n) is 7.64. The van der Waals surface area contributed by atoms with Crippen molar-refractivity contribution in [3.05, 3.63) is 0 Å². The van der Waals surface area contributed by atoms with Crippen LogP contribution in [0.1, 0.15) is 59.3 Å². The van der Waals surface area contributed by atoms with Crippen LogP contribution in [0.4, 0.5) is 35.1 Å². The summed E-state index contributed by atoms with van der Waals surface area (Å²) in [5.74, 6) is -3.91. The van der Waals surface area contributed by atoms with E-state index in [1.807, 2.05) is 0 Å². The van der Waals surface area contributed by atoms with Gasteiger partial charge in [-0.05, 0) is 25.2 Å². The van der Waals surface area contributed by atoms with Crippen molar-refractivity contribution in [2.75, 3.05) is 0 Å². The van der Waals surface area contributed by atoms with Gasteiger partial charge in [0.05, 0.1) is 10.8 Å². The highest BCUT2D eigenvalue weighted by atomic mass is 19.4. The van der Waals surface area contributed by atoms with Gasteiger partial charge in [0.2, 0.25) is 5.92 Å². The molecular formula is C15H22F8. The fraction of sp³-hybridized carbons (Fsp3) is 1.00. The SMILES string of the molecule is CC(C)C1(C(F)(F)F)CC(F)(F)C1.CCC1(C(F)(F)F)CCC1. The molecule has 0 nitrogen and oxygen atoms in total. The normalized spacial score (nSPS) is 25.0. The van der Waals surface area contributed by atoms with Crippen LogP contribution >= 0.6 is 0 Å². The minimum absolute atomic E-state index is 0.247. The van der Waals surface area contributed by atoms with Gasteiger partial charge in [0.25, 0.3) is 0 Å². The summed E-state index contributed by atoms with van der Waals surface area (Å²) in [5.41, 5.74) is -3.45. The van der Waals surface area contributed by atoms with Crippen LogP contribution in [0.3, 0.4) is 0 Å². The molecule has 0 spiro atoms. The monoisotopic (exact) mass is 354 g/mol. The van der Waals surface area contributed by atoms with Crippen molar-refractivity contribution < 1.29 is 35.1 Å². The quantitative estimate of drug-likeness (QED) is 0.481. The molecule has 2 aliphatic rings. The maximum Gasteiger partial charge on any atom is 0.395 e. The van der Waals surface area contributed by atoms with E-state index in [9.17, 15) is 35.1 Å². The first kappa shape index (κ1) is 20.5. The standard InChI is InChI=1S/C8H11F5.C7H11F3/c1-5(2)6(8(11,12)13)3-7(9,10)4-6;1-2-6(4-3-5-6)7(8,9)10/h5H,3-4H2,1-2H3;2-5H2,1H3. The molecule has 8 heteroatoms. The third-order valence-electron chi connectivity index (χ3n) is 5.41. The average Bonchev–Trinajstić information content (AvgIpc) is 2.21. The van der Waals surface area contributed by atoms with Crippen LogP contribution in [-0.4, -0.2) is 18.3 Å². The summed E-state index contributed by atoms with van der Waals surface area (Å²) < 4.78 is 98.6. The highest BCUT2D eigenvalue weighted by molar-refractivity contribution is 5.04. The highest BCUT2D eigenvalue weighted by Gasteiger charge is 2.70. The number of hydrogen-bond acceptors (Lipinski definition) is 0. The Balaban J connectivity index is 0.000000238. The second-order valence-electron chi connectivity index (χ2n) is 7.00. The number of halogens is 8. The van der Waals surface area contributed by atoms with Gasteiger partial charge in [0.1, 0.15) is 0 Å². The van der Waals surface area contributed by atoms with E-state index < -0.39 is 47.9 Å². The zero-order valence-electron chi connectivity index (χ0n) is 13.3. The van der Waals surface area contributed by atoms with E-state index in [0.717, 1.165) is 6.42 Å². The molecule has 2 aliphatic carbocycles. The molecular weight excluding hydrogens is 332 g/mol. The van der Waals surface area contributed by atoms with Crippen molar-refractivity contribution in [3.63, 3.8) is 0 Å². The van der Waals surface area contributed by atoms with Crippen LogP contribution in [0.15, 0.2) is 0 Å². The third kappa shape index (κ3) is 3.76. The summed E-state index contributed by atoms with van der Waals surface area (Å²) in [5, 5.41) is 0. The molecule has 0 aliphatic heterocycles. The minimum atomic E-state index is -4.51. The van der Waals surface area contributed by atoms with Gasteiger partial charge in [-0.3, -0.25) is 0 Å². The van der Waals surface area contributed by atoms with E-state index in [1.54, 1.807) is 6.92 Å². The Hall–Kier alpha value is -0.560. The second-order valence-corrected chi connectivity index (χ2v) is 7.00. The molecule has 0 atom stereocenters. The van der Waals surface area contributed by atoms with Crippen molar-refractivity contribution in [1.82, 2.24) is 0 Å². The van der Waals surface area contributed by atoms with Crippen LogP contribution in [0, 0.1) is 16.7 Å². The van der Waals surface area contributed by atoms with Crippen molar-refractivity contribution >= 4 is 0 Å². The Kier molecular flexibility index (Phi) is 5.40. The zero-order valence-corrected chi connectivity index (χ0v) is 13.3. The van der Waals surface area contributed by atoms with E-state index in [1.165, 1.54) is 13.8 Å². The highest BCUT2D eigenvalue weighted by Crippen LogP contribution is 2.63. The third-order valence-corrected chi connectivity index (χ3v) is 5.41. The molecule has 0 aromatic heterocycles. The second kappa shape index (κ2) is 6.06. The fourth-order valence-corrected chi connectivity index (χ4v) is 3.25. The Morgan fingerprint density at radius 2 is 1.30 bits per heavy atom. The van der Waals surface area contributed by atoms with Crippen molar-refractivity contribution in [2.24, 2.45) is 16.7 Å². The average molecular weight is 354 g/mol. The van der Waals surface area contributed by atoms with Crippen LogP contribution in [-0.2, 0) is 0 Å². The molecule has 0 heterocycles. The van der Waals surface area contributed by atoms with Gasteiger partial charge in [-0.25, -0.2) is 8.78 Å². The summed E-state index contributed by atoms with van der Waals surface area (Å²) in [6, 6.07) is 0. The molecule has 23 heavy (non-hydrogen) atoms. The lowest BCUT2D eigenvalue weighted by Gasteiger charge is -2.50. The van der Waals surface area contributed by atoms with Crippen LogP contribution in [0.2, 0.25) is 0 Å². The molecule has 0 unspecified atom stereocenters. The maximum absolute atomic E-state index is 12.4. The molecule has 0 N–H and O–H groups in total. The smallest absolute Gasteiger partial charge is 0.207 e. The van der Waals surface area contributed by atoms with E-state index in [0.29, 0.717) is 12.8 Å². The van der Waals surface area contributed by atoms with Crippen LogP contribution in [0.5, 0.6) is 0 Å². The molecule has 138 valence electrons. The van der Waals surface area contributed by atoms with E-state index >= 15 is 0 Å². The fourth-order valence-electron chi connectivity index (χ4n) is 3.25. The lowest BCUT2D eigenvalue weighted by Crippen LogP contribution is -2.57. The minimum Gasteiger partial charge on any atom is -0.207 e. The van der Waals surface area contributed by atoms with Gasteiger partial charge in [-0.1, -0.05) is 27.2 Å². The van der Waals surface area contributed by atoms with Gasteiger partial charge < -0.3 is 0 Å². The van der Waals surface area contributed by atoms with Crippen LogP contribution < -0.4 is 0 Å². The molecule has 0 aromatic carbocycles. The largest absolute Gasteiger partial charge is 0.395 e. The van der Waals surface area contributed by atoms with Crippen LogP contribution in [0.25, 0.3) is 0 Å². The van der Waals surface area contributed by atoms with Crippen molar-refractivity contribution in [1.29, 1.82) is 0 Å². The first-order valence-corrected chi connectivity index (χ1v) is 7.64. The molecule has 0 radical (unpaired) electrons. The van der Waals surface area contributed by atoms with Gasteiger partial charge in [-0.15, -0.1) is 0 Å². The zero-order chi connectivity index (χ0) is 18.3. The lowest BCUT2D eigenvalue weighted by molar-refractivity contribution is -0.324. The number of hydrogen-bond donors (Lipinski definition) is 0. The number of alkyl halides is 8. The summed E-state index contributed by atoms with van der Waals surface area (Å²) in [6.45, 7) is 4.29. The molecule has 0 aromatic rings. The Morgan fingerprint density at radius 1 is 0.870 bits per heavy atom. The van der Waals surface area contributed by atoms with Gasteiger partial charge in [0, 0.05) is 12.8 Å². The molecule has 0 bridgehead atoms. The first-order chi connectivity index (χ1) is 10.1. The summed E-state index contributed by atoms with van der Waals surface area (Å²) in [4.78, 5) is 0. The molecule has 2 fully saturated rings. The maximum atomic E-state index is 12.4. The summed E-state index contributed by atoms with van der Waals surface area (Å²) in [6.07, 6.45) is -8.91. The van der Waals surface area contributed by atoms with E-state index in [4.69, 9.17) is 0 Å². The predicted octanol–water partition coefficient (Wildman–Crippen LogP) is 6.75. The van der Waals surface area contributed by atoms with Gasteiger partial charge >= 0.3 is 12.4 Å². The lowest BCUT2D eigenvalue weighted by atomic mass is 9.59. The Morgan fingerprint density at radius 3 is 1.35 bits per heavy atom. The Bertz CT molecular complexity index is 387. The van der Waals surface area contributed by atoms with Gasteiger partial charge in [0.15, 0.2) is 0 Å².